The van der Waals surface area contributed by atoms with Gasteiger partial charge in [-0.25, -0.2) is 8.42 Å². The van der Waals surface area contributed by atoms with Crippen LogP contribution in [0, 0.1) is 0 Å². The first-order valence-electron chi connectivity index (χ1n) is 8.13. The molecule has 2 saturated heterocycles. The Hall–Kier alpha value is -1.78. The molecule has 0 unspecified atom stereocenters. The number of anilines is 1. The number of hydrogen-bond donors (Lipinski definition) is 0. The molecule has 3 aliphatic rings. The minimum absolute atomic E-state index is 0.0383. The van der Waals surface area contributed by atoms with Crippen LogP contribution in [0.2, 0.25) is 0 Å². The second-order valence-electron chi connectivity index (χ2n) is 6.22. The highest BCUT2D eigenvalue weighted by atomic mass is 32.2. The number of carbonyl (C=O) groups is 1. The maximum Gasteiger partial charge on any atom is 0.274 e. The van der Waals surface area contributed by atoms with E-state index in [0.29, 0.717) is 29.9 Å². The topological polar surface area (TPSA) is 94.5 Å². The van der Waals surface area contributed by atoms with Gasteiger partial charge in [0, 0.05) is 24.1 Å². The summed E-state index contributed by atoms with van der Waals surface area (Å²) in [6, 6.07) is 5.16. The number of carbonyl (C=O) groups excluding carboxylic acids is 1. The molecule has 0 spiro atoms. The molecule has 4 rings (SSSR count). The first kappa shape index (κ1) is 17.6. The second-order valence-corrected chi connectivity index (χ2v) is 9.58. The van der Waals surface area contributed by atoms with E-state index in [-0.39, 0.29) is 29.4 Å². The number of amides is 1. The number of fused-ring (bicyclic) bond motifs is 2. The molecule has 10 heteroatoms. The van der Waals surface area contributed by atoms with Crippen molar-refractivity contribution in [3.63, 3.8) is 0 Å². The fourth-order valence-corrected chi connectivity index (χ4v) is 7.24. The van der Waals surface area contributed by atoms with Crippen molar-refractivity contribution in [2.45, 2.75) is 11.3 Å². The van der Waals surface area contributed by atoms with Gasteiger partial charge in [0.15, 0.2) is 26.5 Å². The second kappa shape index (κ2) is 6.75. The summed E-state index contributed by atoms with van der Waals surface area (Å²) < 4.78 is 40.2. The largest absolute Gasteiger partial charge is 0.486 e. The Morgan fingerprint density at radius 3 is 2.85 bits per heavy atom. The van der Waals surface area contributed by atoms with E-state index in [1.165, 1.54) is 18.9 Å². The van der Waals surface area contributed by atoms with E-state index < -0.39 is 15.7 Å². The minimum atomic E-state index is -3.11. The van der Waals surface area contributed by atoms with Gasteiger partial charge in [-0.15, -0.1) is 0 Å². The van der Waals surface area contributed by atoms with Crippen molar-refractivity contribution < 1.29 is 27.4 Å². The van der Waals surface area contributed by atoms with Crippen molar-refractivity contribution in [2.24, 2.45) is 4.99 Å². The van der Waals surface area contributed by atoms with Crippen LogP contribution in [-0.4, -0.2) is 69.2 Å². The lowest BCUT2D eigenvalue weighted by atomic mass is 10.2. The van der Waals surface area contributed by atoms with Crippen molar-refractivity contribution in [1.29, 1.82) is 0 Å². The SMILES string of the molecule is COCC(=O)N=C1S[C@H]2CS(=O)(=O)C[C@H]2N1c1ccc2c(c1)OCCO2. The van der Waals surface area contributed by atoms with Crippen LogP contribution in [0.25, 0.3) is 0 Å². The van der Waals surface area contributed by atoms with Crippen LogP contribution < -0.4 is 14.4 Å². The molecule has 1 aromatic rings. The Kier molecular flexibility index (Phi) is 4.57. The summed E-state index contributed by atoms with van der Waals surface area (Å²) in [5, 5.41) is 0.343. The van der Waals surface area contributed by atoms with E-state index in [9.17, 15) is 13.2 Å². The predicted octanol–water partition coefficient (Wildman–Crippen LogP) is 0.706. The molecule has 0 bridgehead atoms. The Balaban J connectivity index is 1.72. The molecular weight excluding hydrogens is 380 g/mol. The number of aliphatic imine (C=N–C) groups is 1. The van der Waals surface area contributed by atoms with E-state index in [2.05, 4.69) is 4.99 Å². The van der Waals surface area contributed by atoms with E-state index in [4.69, 9.17) is 14.2 Å². The van der Waals surface area contributed by atoms with Gasteiger partial charge in [-0.05, 0) is 12.1 Å². The zero-order chi connectivity index (χ0) is 18.3. The average molecular weight is 398 g/mol. The molecule has 0 radical (unpaired) electrons. The summed E-state index contributed by atoms with van der Waals surface area (Å²) in [6.07, 6.45) is 0. The van der Waals surface area contributed by atoms with Gasteiger partial charge < -0.3 is 19.1 Å². The molecule has 140 valence electrons. The minimum Gasteiger partial charge on any atom is -0.486 e. The molecular formula is C16H18N2O6S2. The van der Waals surface area contributed by atoms with Gasteiger partial charge in [-0.3, -0.25) is 4.79 Å². The molecule has 0 aromatic heterocycles. The normalized spacial score (nSPS) is 27.6. The highest BCUT2D eigenvalue weighted by Crippen LogP contribution is 2.43. The number of nitrogens with zero attached hydrogens (tertiary/aromatic N) is 2. The quantitative estimate of drug-likeness (QED) is 0.735. The molecule has 1 aromatic carbocycles. The van der Waals surface area contributed by atoms with Crippen molar-refractivity contribution in [3.8, 4) is 11.5 Å². The monoisotopic (exact) mass is 398 g/mol. The van der Waals surface area contributed by atoms with E-state index in [1.54, 1.807) is 12.1 Å². The standard InChI is InChI=1S/C16H18N2O6S2/c1-22-7-15(19)17-16-18(11-8-26(20,21)9-14(11)25-16)10-2-3-12-13(6-10)24-5-4-23-12/h2-3,6,11,14H,4-5,7-9H2,1H3/t11-,14+/m1/s1. The van der Waals surface area contributed by atoms with Crippen molar-refractivity contribution in [1.82, 2.24) is 0 Å². The van der Waals surface area contributed by atoms with Gasteiger partial charge in [0.05, 0.1) is 17.5 Å². The first-order chi connectivity index (χ1) is 12.5. The molecule has 1 amide bonds. The zero-order valence-electron chi connectivity index (χ0n) is 14.1. The summed E-state index contributed by atoms with van der Waals surface area (Å²) in [4.78, 5) is 17.9. The molecule has 3 aliphatic heterocycles. The van der Waals surface area contributed by atoms with Crippen LogP contribution in [0.4, 0.5) is 5.69 Å². The van der Waals surface area contributed by atoms with Gasteiger partial charge in [0.25, 0.3) is 5.91 Å². The van der Waals surface area contributed by atoms with Crippen LogP contribution in [0.3, 0.4) is 0 Å². The third-order valence-corrected chi connectivity index (χ3v) is 7.57. The Bertz CT molecular complexity index is 869. The van der Waals surface area contributed by atoms with Gasteiger partial charge in [-0.1, -0.05) is 11.8 Å². The summed E-state index contributed by atoms with van der Waals surface area (Å²) in [5.41, 5.74) is 0.732. The van der Waals surface area contributed by atoms with E-state index >= 15 is 0 Å². The van der Waals surface area contributed by atoms with E-state index in [0.717, 1.165) is 5.69 Å². The first-order valence-corrected chi connectivity index (χ1v) is 10.8. The lowest BCUT2D eigenvalue weighted by Crippen LogP contribution is -2.38. The summed E-state index contributed by atoms with van der Waals surface area (Å²) in [7, 11) is -1.68. The summed E-state index contributed by atoms with van der Waals surface area (Å²) >= 11 is 1.33. The Morgan fingerprint density at radius 1 is 1.31 bits per heavy atom. The maximum atomic E-state index is 12.1. The van der Waals surface area contributed by atoms with Crippen molar-refractivity contribution >= 4 is 38.4 Å². The molecule has 2 atom stereocenters. The molecule has 0 saturated carbocycles. The maximum absolute atomic E-state index is 12.1. The number of sulfone groups is 1. The third-order valence-electron chi connectivity index (χ3n) is 4.36. The molecule has 2 fully saturated rings. The van der Waals surface area contributed by atoms with Gasteiger partial charge in [0.2, 0.25) is 0 Å². The van der Waals surface area contributed by atoms with Gasteiger partial charge in [0.1, 0.15) is 19.8 Å². The van der Waals surface area contributed by atoms with E-state index in [1.807, 2.05) is 11.0 Å². The highest BCUT2D eigenvalue weighted by Gasteiger charge is 2.49. The molecule has 0 N–H and O–H groups in total. The number of thioether (sulfide) groups is 1. The number of methoxy groups -OCH3 is 1. The van der Waals surface area contributed by atoms with Crippen LogP contribution in [0.1, 0.15) is 0 Å². The third kappa shape index (κ3) is 3.28. The number of rotatable bonds is 3. The predicted molar refractivity (Wildman–Crippen MR) is 98.0 cm³/mol. The van der Waals surface area contributed by atoms with Crippen LogP contribution >= 0.6 is 11.8 Å². The lowest BCUT2D eigenvalue weighted by molar-refractivity contribution is -0.121. The average Bonchev–Trinajstić information content (AvgIpc) is 3.05. The summed E-state index contributed by atoms with van der Waals surface area (Å²) in [5.74, 6) is 0.972. The summed E-state index contributed by atoms with van der Waals surface area (Å²) in [6.45, 7) is 0.832. The molecule has 3 heterocycles. The highest BCUT2D eigenvalue weighted by molar-refractivity contribution is 8.16. The fraction of sp³-hybridized carbons (Fsp3) is 0.500. The van der Waals surface area contributed by atoms with Crippen LogP contribution in [-0.2, 0) is 19.4 Å². The van der Waals surface area contributed by atoms with Crippen LogP contribution in [0.15, 0.2) is 23.2 Å². The fourth-order valence-electron chi connectivity index (χ4n) is 3.31. The number of hydrogen-bond acceptors (Lipinski definition) is 7. The van der Waals surface area contributed by atoms with Gasteiger partial charge in [-0.2, -0.15) is 4.99 Å². The number of ether oxygens (including phenoxy) is 3. The smallest absolute Gasteiger partial charge is 0.274 e. The Labute approximate surface area is 155 Å². The molecule has 8 nitrogen and oxygen atoms in total. The molecule has 26 heavy (non-hydrogen) atoms. The van der Waals surface area contributed by atoms with Gasteiger partial charge >= 0.3 is 0 Å². The lowest BCUT2D eigenvalue weighted by Gasteiger charge is -2.26. The van der Waals surface area contributed by atoms with Crippen molar-refractivity contribution in [3.05, 3.63) is 18.2 Å². The van der Waals surface area contributed by atoms with Crippen LogP contribution in [0.5, 0.6) is 11.5 Å². The molecule has 0 aliphatic carbocycles. The van der Waals surface area contributed by atoms with Crippen molar-refractivity contribution in [2.75, 3.05) is 43.3 Å². The Morgan fingerprint density at radius 2 is 2.08 bits per heavy atom. The number of amidine groups is 1. The zero-order valence-corrected chi connectivity index (χ0v) is 15.7. The number of benzene rings is 1.